The van der Waals surface area contributed by atoms with E-state index >= 15 is 0 Å². The van der Waals surface area contributed by atoms with Crippen molar-refractivity contribution in [3.63, 3.8) is 0 Å². The van der Waals surface area contributed by atoms with Gasteiger partial charge in [-0.05, 0) is 81.8 Å². The summed E-state index contributed by atoms with van der Waals surface area (Å²) in [5.41, 5.74) is 3.72. The van der Waals surface area contributed by atoms with Crippen molar-refractivity contribution in [3.8, 4) is 0 Å². The van der Waals surface area contributed by atoms with Crippen LogP contribution >= 0.6 is 12.2 Å². The van der Waals surface area contributed by atoms with Gasteiger partial charge in [0.15, 0.2) is 5.11 Å². The second kappa shape index (κ2) is 8.48. The molecule has 0 unspecified atom stereocenters. The molecule has 3 nitrogen and oxygen atoms in total. The van der Waals surface area contributed by atoms with Crippen molar-refractivity contribution in [1.82, 2.24) is 10.2 Å². The van der Waals surface area contributed by atoms with Crippen LogP contribution in [0.3, 0.4) is 0 Å². The summed E-state index contributed by atoms with van der Waals surface area (Å²) >= 11 is 5.67. The molecule has 4 heteroatoms. The highest BCUT2D eigenvalue weighted by atomic mass is 32.1. The fraction of sp³-hybridized carbons (Fsp3) is 0.696. The summed E-state index contributed by atoms with van der Waals surface area (Å²) in [6.07, 6.45) is 13.8. The van der Waals surface area contributed by atoms with Crippen molar-refractivity contribution >= 4 is 23.0 Å². The van der Waals surface area contributed by atoms with Crippen LogP contribution in [0.15, 0.2) is 18.2 Å². The predicted molar refractivity (Wildman–Crippen MR) is 118 cm³/mol. The van der Waals surface area contributed by atoms with Gasteiger partial charge in [-0.3, -0.25) is 4.90 Å². The molecule has 2 heterocycles. The van der Waals surface area contributed by atoms with Gasteiger partial charge in [0.25, 0.3) is 0 Å². The minimum atomic E-state index is 0.519. The number of anilines is 1. The van der Waals surface area contributed by atoms with Gasteiger partial charge in [0.1, 0.15) is 0 Å². The number of benzene rings is 1. The Kier molecular flexibility index (Phi) is 6.03. The van der Waals surface area contributed by atoms with Gasteiger partial charge >= 0.3 is 0 Å². The lowest BCUT2D eigenvalue weighted by molar-refractivity contribution is -0.0195. The van der Waals surface area contributed by atoms with Crippen molar-refractivity contribution in [2.24, 2.45) is 0 Å². The largest absolute Gasteiger partial charge is 0.360 e. The molecule has 0 amide bonds. The first-order valence-electron chi connectivity index (χ1n) is 11.0. The van der Waals surface area contributed by atoms with Crippen LogP contribution in [0.5, 0.6) is 0 Å². The van der Waals surface area contributed by atoms with Gasteiger partial charge in [0.05, 0.1) is 0 Å². The summed E-state index contributed by atoms with van der Waals surface area (Å²) in [5.74, 6) is 0. The molecule has 1 saturated carbocycles. The molecule has 1 aromatic rings. The maximum absolute atomic E-state index is 5.67. The van der Waals surface area contributed by atoms with E-state index in [0.717, 1.165) is 28.9 Å². The molecule has 27 heavy (non-hydrogen) atoms. The van der Waals surface area contributed by atoms with E-state index in [0.29, 0.717) is 6.04 Å². The van der Waals surface area contributed by atoms with Gasteiger partial charge in [-0.2, -0.15) is 0 Å². The zero-order valence-electron chi connectivity index (χ0n) is 17.0. The summed E-state index contributed by atoms with van der Waals surface area (Å²) in [5, 5.41) is 7.89. The predicted octanol–water partition coefficient (Wildman–Crippen LogP) is 5.31. The molecule has 2 atom stereocenters. The summed E-state index contributed by atoms with van der Waals surface area (Å²) in [6, 6.07) is 9.28. The third kappa shape index (κ3) is 4.32. The van der Waals surface area contributed by atoms with Gasteiger partial charge < -0.3 is 10.6 Å². The van der Waals surface area contributed by atoms with E-state index in [1.165, 1.54) is 75.3 Å². The quantitative estimate of drug-likeness (QED) is 0.690. The number of fused-ring (bicyclic) bond motifs is 2. The van der Waals surface area contributed by atoms with Crippen molar-refractivity contribution in [1.29, 1.82) is 0 Å². The first-order valence-corrected chi connectivity index (χ1v) is 11.4. The Balaban J connectivity index is 1.37. The molecule has 2 saturated heterocycles. The van der Waals surface area contributed by atoms with Crippen LogP contribution in [0.4, 0.5) is 5.69 Å². The minimum absolute atomic E-state index is 0.519. The zero-order chi connectivity index (χ0) is 18.8. The smallest absolute Gasteiger partial charge is 0.171 e. The van der Waals surface area contributed by atoms with Gasteiger partial charge in [0.2, 0.25) is 0 Å². The highest BCUT2D eigenvalue weighted by Gasteiger charge is 2.41. The van der Waals surface area contributed by atoms with E-state index in [4.69, 9.17) is 12.2 Å². The molecule has 2 bridgehead atoms. The lowest BCUT2D eigenvalue weighted by atomic mass is 9.78. The average Bonchev–Trinajstić information content (AvgIpc) is 2.65. The third-order valence-corrected chi connectivity index (χ3v) is 7.44. The van der Waals surface area contributed by atoms with Crippen LogP contribution in [0.25, 0.3) is 0 Å². The van der Waals surface area contributed by atoms with Crippen molar-refractivity contribution in [3.05, 3.63) is 29.3 Å². The molecular formula is C23H35N3S. The number of nitrogens with one attached hydrogen (secondary N) is 2. The molecule has 4 rings (SSSR count). The monoisotopic (exact) mass is 385 g/mol. The van der Waals surface area contributed by atoms with Gasteiger partial charge in [-0.1, -0.05) is 37.8 Å². The Morgan fingerprint density at radius 1 is 0.926 bits per heavy atom. The molecule has 0 aromatic heterocycles. The maximum Gasteiger partial charge on any atom is 0.171 e. The Morgan fingerprint density at radius 3 is 2.30 bits per heavy atom. The van der Waals surface area contributed by atoms with Crippen molar-refractivity contribution in [2.75, 3.05) is 5.32 Å². The molecule has 0 spiro atoms. The van der Waals surface area contributed by atoms with Crippen LogP contribution < -0.4 is 10.6 Å². The Bertz CT molecular complexity index is 654. The van der Waals surface area contributed by atoms with Gasteiger partial charge in [-0.15, -0.1) is 0 Å². The number of thiocarbonyl (C=S) groups is 1. The molecule has 3 aliphatic rings. The van der Waals surface area contributed by atoms with Crippen LogP contribution in [0.2, 0.25) is 0 Å². The molecule has 148 valence electrons. The van der Waals surface area contributed by atoms with Crippen LogP contribution in [0.1, 0.15) is 75.3 Å². The molecular weight excluding hydrogens is 350 g/mol. The molecule has 1 aliphatic carbocycles. The lowest BCUT2D eigenvalue weighted by Crippen LogP contribution is -2.60. The highest BCUT2D eigenvalue weighted by molar-refractivity contribution is 7.80. The third-order valence-electron chi connectivity index (χ3n) is 7.22. The van der Waals surface area contributed by atoms with E-state index < -0.39 is 0 Å². The van der Waals surface area contributed by atoms with Gasteiger partial charge in [-0.25, -0.2) is 0 Å². The summed E-state index contributed by atoms with van der Waals surface area (Å²) in [4.78, 5) is 2.95. The Labute approximate surface area is 170 Å². The van der Waals surface area contributed by atoms with Crippen molar-refractivity contribution < 1.29 is 0 Å². The molecule has 2 N–H and O–H groups in total. The number of rotatable bonds is 3. The minimum Gasteiger partial charge on any atom is -0.360 e. The highest BCUT2D eigenvalue weighted by Crippen LogP contribution is 2.39. The lowest BCUT2D eigenvalue weighted by Gasteiger charge is -2.53. The fourth-order valence-corrected chi connectivity index (χ4v) is 6.02. The maximum atomic E-state index is 5.67. The summed E-state index contributed by atoms with van der Waals surface area (Å²) < 4.78 is 0. The fourth-order valence-electron chi connectivity index (χ4n) is 5.74. The SMILES string of the molecule is Cc1cccc(NC(=S)NC2C[C@H]3CCC[C@H](C2)N3C2CCCCC2)c1C. The molecule has 3 fully saturated rings. The Morgan fingerprint density at radius 2 is 1.59 bits per heavy atom. The van der Waals surface area contributed by atoms with E-state index in [-0.39, 0.29) is 0 Å². The van der Waals surface area contributed by atoms with E-state index in [1.54, 1.807) is 0 Å². The molecule has 1 aromatic carbocycles. The summed E-state index contributed by atoms with van der Waals surface area (Å²) in [6.45, 7) is 4.31. The Hall–Kier alpha value is -1.13. The zero-order valence-corrected chi connectivity index (χ0v) is 17.8. The first-order chi connectivity index (χ1) is 13.1. The molecule has 2 aliphatic heterocycles. The van der Waals surface area contributed by atoms with Crippen molar-refractivity contribution in [2.45, 2.75) is 102 Å². The van der Waals surface area contributed by atoms with E-state index in [2.05, 4.69) is 47.6 Å². The standard InChI is InChI=1S/C23H35N3S/c1-16-8-6-13-22(17(16)2)25-23(27)24-18-14-20-11-7-12-21(15-18)26(20)19-9-4-3-5-10-19/h6,8,13,18-21H,3-5,7,9-12,14-15H2,1-2H3,(H2,24,25,27)/t20-,21-/m1/s1. The molecule has 0 radical (unpaired) electrons. The van der Waals surface area contributed by atoms with Crippen LogP contribution in [0, 0.1) is 13.8 Å². The van der Waals surface area contributed by atoms with Crippen LogP contribution in [-0.4, -0.2) is 34.2 Å². The van der Waals surface area contributed by atoms with E-state index in [1.807, 2.05) is 0 Å². The average molecular weight is 386 g/mol. The number of aryl methyl sites for hydroxylation is 1. The number of nitrogens with zero attached hydrogens (tertiary/aromatic N) is 1. The number of hydrogen-bond acceptors (Lipinski definition) is 2. The number of hydrogen-bond donors (Lipinski definition) is 2. The first kappa shape index (κ1) is 19.2. The second-order valence-electron chi connectivity index (χ2n) is 8.99. The number of piperidine rings is 2. The summed E-state index contributed by atoms with van der Waals surface area (Å²) in [7, 11) is 0. The van der Waals surface area contributed by atoms with Crippen LogP contribution in [-0.2, 0) is 0 Å². The topological polar surface area (TPSA) is 27.3 Å². The van der Waals surface area contributed by atoms with E-state index in [9.17, 15) is 0 Å². The normalized spacial score (nSPS) is 29.3. The second-order valence-corrected chi connectivity index (χ2v) is 9.40. The van der Waals surface area contributed by atoms with Gasteiger partial charge in [0, 0.05) is 29.9 Å².